The fourth-order valence-electron chi connectivity index (χ4n) is 2.31. The minimum atomic E-state index is 0.308. The van der Waals surface area contributed by atoms with E-state index in [1.165, 1.54) is 22.2 Å². The van der Waals surface area contributed by atoms with Crippen molar-refractivity contribution in [3.63, 3.8) is 0 Å². The highest BCUT2D eigenvalue weighted by atomic mass is 79.9. The van der Waals surface area contributed by atoms with Crippen LogP contribution in [0.1, 0.15) is 24.6 Å². The number of rotatable bonds is 6. The highest BCUT2D eigenvalue weighted by Crippen LogP contribution is 2.36. The van der Waals surface area contributed by atoms with Gasteiger partial charge in [-0.1, -0.05) is 6.92 Å². The molecule has 0 amide bonds. The first-order chi connectivity index (χ1) is 8.26. The van der Waals surface area contributed by atoms with Gasteiger partial charge in [-0.25, -0.2) is 0 Å². The minimum absolute atomic E-state index is 0.308. The molecule has 1 N–H and O–H groups in total. The molecule has 2 heterocycles. The summed E-state index contributed by atoms with van der Waals surface area (Å²) in [7, 11) is 0. The van der Waals surface area contributed by atoms with Gasteiger partial charge in [0.25, 0.3) is 0 Å². The van der Waals surface area contributed by atoms with Crippen molar-refractivity contribution in [1.29, 1.82) is 0 Å². The van der Waals surface area contributed by atoms with Crippen LogP contribution >= 0.6 is 27.3 Å². The Kier molecular flexibility index (Phi) is 5.03. The third kappa shape index (κ3) is 3.53. The second kappa shape index (κ2) is 6.32. The van der Waals surface area contributed by atoms with E-state index in [0.29, 0.717) is 5.41 Å². The van der Waals surface area contributed by atoms with Gasteiger partial charge < -0.3 is 10.1 Å². The largest absolute Gasteiger partial charge is 0.381 e. The zero-order valence-corrected chi connectivity index (χ0v) is 12.7. The monoisotopic (exact) mass is 317 g/mol. The van der Waals surface area contributed by atoms with Crippen LogP contribution in [0.2, 0.25) is 0 Å². The zero-order valence-electron chi connectivity index (χ0n) is 10.3. The lowest BCUT2D eigenvalue weighted by molar-refractivity contribution is 0.150. The second-order valence-electron chi connectivity index (χ2n) is 4.85. The second-order valence-corrected chi connectivity index (χ2v) is 6.70. The average Bonchev–Trinajstić information content (AvgIpc) is 2.91. The van der Waals surface area contributed by atoms with Gasteiger partial charge in [0.2, 0.25) is 0 Å². The molecule has 0 aliphatic carbocycles. The van der Waals surface area contributed by atoms with Crippen LogP contribution in [0.3, 0.4) is 0 Å². The van der Waals surface area contributed by atoms with E-state index in [-0.39, 0.29) is 0 Å². The van der Waals surface area contributed by atoms with E-state index in [9.17, 15) is 0 Å². The van der Waals surface area contributed by atoms with Gasteiger partial charge in [0.1, 0.15) is 0 Å². The van der Waals surface area contributed by atoms with Crippen molar-refractivity contribution in [3.8, 4) is 0 Å². The molecule has 4 heteroatoms. The normalized spacial score (nSPS) is 24.4. The Morgan fingerprint density at radius 2 is 2.47 bits per heavy atom. The van der Waals surface area contributed by atoms with Gasteiger partial charge >= 0.3 is 0 Å². The smallest absolute Gasteiger partial charge is 0.0538 e. The molecule has 1 saturated heterocycles. The van der Waals surface area contributed by atoms with Crippen molar-refractivity contribution in [2.75, 3.05) is 26.3 Å². The summed E-state index contributed by atoms with van der Waals surface area (Å²) in [6.45, 7) is 6.20. The van der Waals surface area contributed by atoms with E-state index in [1.54, 1.807) is 0 Å². The summed E-state index contributed by atoms with van der Waals surface area (Å²) in [6.07, 6.45) is 3.50. The number of nitrogens with one attached hydrogen (secondary N) is 1. The predicted molar refractivity (Wildman–Crippen MR) is 76.8 cm³/mol. The van der Waals surface area contributed by atoms with Crippen LogP contribution in [0.4, 0.5) is 0 Å². The van der Waals surface area contributed by atoms with Gasteiger partial charge in [-0.15, -0.1) is 11.3 Å². The van der Waals surface area contributed by atoms with E-state index in [1.807, 2.05) is 11.3 Å². The van der Waals surface area contributed by atoms with Crippen LogP contribution in [0.25, 0.3) is 0 Å². The molecule has 0 spiro atoms. The molecule has 1 aromatic heterocycles. The lowest BCUT2D eigenvalue weighted by atomic mass is 9.83. The Bertz CT molecular complexity index is 347. The lowest BCUT2D eigenvalue weighted by Crippen LogP contribution is -2.37. The molecule has 2 rings (SSSR count). The van der Waals surface area contributed by atoms with Crippen molar-refractivity contribution in [2.24, 2.45) is 5.41 Å². The number of thiophene rings is 1. The third-order valence-electron chi connectivity index (χ3n) is 3.34. The van der Waals surface area contributed by atoms with Crippen LogP contribution in [-0.4, -0.2) is 26.3 Å². The molecule has 1 fully saturated rings. The van der Waals surface area contributed by atoms with E-state index in [0.717, 1.165) is 32.7 Å². The Labute approximate surface area is 116 Å². The summed E-state index contributed by atoms with van der Waals surface area (Å²) < 4.78 is 6.88. The first-order valence-corrected chi connectivity index (χ1v) is 7.93. The highest BCUT2D eigenvalue weighted by molar-refractivity contribution is 9.10. The molecule has 1 aromatic rings. The van der Waals surface area contributed by atoms with Crippen molar-refractivity contribution < 1.29 is 4.74 Å². The SMILES string of the molecule is CCCNCC1(Cc2sccc2Br)CCOC1. The Morgan fingerprint density at radius 3 is 3.06 bits per heavy atom. The number of hydrogen-bond acceptors (Lipinski definition) is 3. The molecule has 0 radical (unpaired) electrons. The van der Waals surface area contributed by atoms with Crippen LogP contribution < -0.4 is 5.32 Å². The van der Waals surface area contributed by atoms with Crippen LogP contribution in [0.15, 0.2) is 15.9 Å². The summed E-state index contributed by atoms with van der Waals surface area (Å²) in [5.74, 6) is 0. The quantitative estimate of drug-likeness (QED) is 0.811. The van der Waals surface area contributed by atoms with Gasteiger partial charge in [-0.2, -0.15) is 0 Å². The van der Waals surface area contributed by atoms with Gasteiger partial charge in [0, 0.05) is 27.9 Å². The maximum absolute atomic E-state index is 5.63. The number of ether oxygens (including phenoxy) is 1. The minimum Gasteiger partial charge on any atom is -0.381 e. The predicted octanol–water partition coefficient (Wildman–Crippen LogP) is 3.46. The molecule has 2 nitrogen and oxygen atoms in total. The molecule has 17 heavy (non-hydrogen) atoms. The molecular weight excluding hydrogens is 298 g/mol. The fourth-order valence-corrected chi connectivity index (χ4v) is 3.98. The summed E-state index contributed by atoms with van der Waals surface area (Å²) in [4.78, 5) is 1.45. The van der Waals surface area contributed by atoms with E-state index >= 15 is 0 Å². The van der Waals surface area contributed by atoms with E-state index < -0.39 is 0 Å². The fraction of sp³-hybridized carbons (Fsp3) is 0.692. The molecule has 1 unspecified atom stereocenters. The van der Waals surface area contributed by atoms with Crippen molar-refractivity contribution in [1.82, 2.24) is 5.32 Å². The van der Waals surface area contributed by atoms with Crippen molar-refractivity contribution >= 4 is 27.3 Å². The van der Waals surface area contributed by atoms with Crippen LogP contribution in [0.5, 0.6) is 0 Å². The van der Waals surface area contributed by atoms with Gasteiger partial charge in [-0.3, -0.25) is 0 Å². The molecular formula is C13H20BrNOS. The Morgan fingerprint density at radius 1 is 1.59 bits per heavy atom. The van der Waals surface area contributed by atoms with Crippen molar-refractivity contribution in [3.05, 3.63) is 20.8 Å². The summed E-state index contributed by atoms with van der Waals surface area (Å²) >= 11 is 5.47. The standard InChI is InChI=1S/C13H20BrNOS/c1-2-5-15-9-13(4-6-16-10-13)8-12-11(14)3-7-17-12/h3,7,15H,2,4-6,8-10H2,1H3. The molecule has 0 bridgehead atoms. The van der Waals surface area contributed by atoms with Gasteiger partial charge in [0.15, 0.2) is 0 Å². The first-order valence-electron chi connectivity index (χ1n) is 6.26. The topological polar surface area (TPSA) is 21.3 Å². The van der Waals surface area contributed by atoms with Crippen molar-refractivity contribution in [2.45, 2.75) is 26.2 Å². The highest BCUT2D eigenvalue weighted by Gasteiger charge is 2.35. The molecule has 96 valence electrons. The van der Waals surface area contributed by atoms with E-state index in [2.05, 4.69) is 39.6 Å². The first kappa shape index (κ1) is 13.5. The molecule has 0 aromatic carbocycles. The van der Waals surface area contributed by atoms with Gasteiger partial charge in [0.05, 0.1) is 6.61 Å². The van der Waals surface area contributed by atoms with Crippen LogP contribution in [0, 0.1) is 5.41 Å². The molecule has 1 aliphatic heterocycles. The average molecular weight is 318 g/mol. The van der Waals surface area contributed by atoms with E-state index in [4.69, 9.17) is 4.74 Å². The number of hydrogen-bond donors (Lipinski definition) is 1. The maximum atomic E-state index is 5.63. The molecule has 0 saturated carbocycles. The summed E-state index contributed by atoms with van der Waals surface area (Å²) in [5, 5.41) is 5.71. The number of halogens is 1. The van der Waals surface area contributed by atoms with Crippen LogP contribution in [-0.2, 0) is 11.2 Å². The zero-order chi connectivity index (χ0) is 12.1. The Hall–Kier alpha value is 0.1000. The summed E-state index contributed by atoms with van der Waals surface area (Å²) in [6, 6.07) is 2.14. The Balaban J connectivity index is 1.99. The maximum Gasteiger partial charge on any atom is 0.0538 e. The summed E-state index contributed by atoms with van der Waals surface area (Å²) in [5.41, 5.74) is 0.308. The lowest BCUT2D eigenvalue weighted by Gasteiger charge is -2.27. The molecule has 1 aliphatic rings. The molecule has 1 atom stereocenters. The third-order valence-corrected chi connectivity index (χ3v) is 5.26. The van der Waals surface area contributed by atoms with Gasteiger partial charge in [-0.05, 0) is 53.2 Å².